The van der Waals surface area contributed by atoms with Gasteiger partial charge in [0, 0.05) is 5.69 Å². The van der Waals surface area contributed by atoms with E-state index in [-0.39, 0.29) is 12.5 Å². The molecule has 2 amide bonds. The molecule has 0 radical (unpaired) electrons. The number of nitrogens with one attached hydrogen (secondary N) is 2. The van der Waals surface area contributed by atoms with Crippen molar-refractivity contribution in [2.24, 2.45) is 5.92 Å². The second-order valence-electron chi connectivity index (χ2n) is 7.42. The summed E-state index contributed by atoms with van der Waals surface area (Å²) in [6, 6.07) is 13.7. The molecule has 30 heavy (non-hydrogen) atoms. The molecule has 0 aliphatic rings. The molecule has 7 heteroatoms. The fourth-order valence-corrected chi connectivity index (χ4v) is 2.85. The second kappa shape index (κ2) is 11.0. The molecular formula is C23H28N2O5. The molecule has 0 aliphatic carbocycles. The predicted molar refractivity (Wildman–Crippen MR) is 114 cm³/mol. The highest BCUT2D eigenvalue weighted by atomic mass is 16.5. The number of carbonyl (C=O) groups is 3. The molecule has 2 rings (SSSR count). The van der Waals surface area contributed by atoms with Crippen LogP contribution in [0.5, 0.6) is 5.75 Å². The van der Waals surface area contributed by atoms with Crippen LogP contribution in [0.2, 0.25) is 0 Å². The summed E-state index contributed by atoms with van der Waals surface area (Å²) in [6.45, 7) is 6.75. The van der Waals surface area contributed by atoms with E-state index in [1.54, 1.807) is 38.1 Å². The van der Waals surface area contributed by atoms with E-state index in [0.717, 1.165) is 11.1 Å². The molecule has 0 spiro atoms. The van der Waals surface area contributed by atoms with Crippen molar-refractivity contribution in [2.75, 3.05) is 18.5 Å². The standard InChI is InChI=1S/C23H28N2O5/c1-15(2)22(25-21(27)13-29-19-8-6-5-7-9-19)23(28)30-14-20(26)24-18-11-16(3)10-17(4)12-18/h5-12,15,22H,13-14H2,1-4H3,(H,24,26)(H,25,27)/t22-/m0/s1. The van der Waals surface area contributed by atoms with E-state index in [2.05, 4.69) is 10.6 Å². The third-order valence-corrected chi connectivity index (χ3v) is 4.20. The van der Waals surface area contributed by atoms with Crippen molar-refractivity contribution < 1.29 is 23.9 Å². The minimum atomic E-state index is -0.883. The van der Waals surface area contributed by atoms with E-state index in [1.165, 1.54) is 0 Å². The summed E-state index contributed by atoms with van der Waals surface area (Å²) < 4.78 is 10.5. The van der Waals surface area contributed by atoms with E-state index in [9.17, 15) is 14.4 Å². The molecule has 7 nitrogen and oxygen atoms in total. The van der Waals surface area contributed by atoms with Gasteiger partial charge in [-0.3, -0.25) is 9.59 Å². The van der Waals surface area contributed by atoms with Gasteiger partial charge in [-0.05, 0) is 55.2 Å². The molecule has 0 unspecified atom stereocenters. The van der Waals surface area contributed by atoms with Crippen LogP contribution in [0.25, 0.3) is 0 Å². The minimum absolute atomic E-state index is 0.222. The van der Waals surface area contributed by atoms with Crippen LogP contribution in [0, 0.1) is 19.8 Å². The maximum atomic E-state index is 12.4. The highest BCUT2D eigenvalue weighted by Crippen LogP contribution is 2.14. The van der Waals surface area contributed by atoms with Crippen LogP contribution in [0.4, 0.5) is 5.69 Å². The number of amides is 2. The quantitative estimate of drug-likeness (QED) is 0.618. The van der Waals surface area contributed by atoms with E-state index in [4.69, 9.17) is 9.47 Å². The van der Waals surface area contributed by atoms with Gasteiger partial charge >= 0.3 is 5.97 Å². The molecule has 0 bridgehead atoms. The van der Waals surface area contributed by atoms with E-state index >= 15 is 0 Å². The van der Waals surface area contributed by atoms with Gasteiger partial charge in [-0.25, -0.2) is 4.79 Å². The Morgan fingerprint density at radius 2 is 1.53 bits per heavy atom. The number of esters is 1. The fourth-order valence-electron chi connectivity index (χ4n) is 2.85. The zero-order valence-corrected chi connectivity index (χ0v) is 17.7. The monoisotopic (exact) mass is 412 g/mol. The summed E-state index contributed by atoms with van der Waals surface area (Å²) in [4.78, 5) is 36.7. The van der Waals surface area contributed by atoms with Crippen molar-refractivity contribution in [3.05, 3.63) is 59.7 Å². The molecule has 0 heterocycles. The van der Waals surface area contributed by atoms with Gasteiger partial charge in [0.1, 0.15) is 11.8 Å². The van der Waals surface area contributed by atoms with Gasteiger partial charge in [0.2, 0.25) is 0 Å². The van der Waals surface area contributed by atoms with E-state index < -0.39 is 30.4 Å². The summed E-state index contributed by atoms with van der Waals surface area (Å²) in [5.74, 6) is -1.24. The number of rotatable bonds is 9. The highest BCUT2D eigenvalue weighted by Gasteiger charge is 2.26. The van der Waals surface area contributed by atoms with Gasteiger partial charge in [-0.2, -0.15) is 0 Å². The number of hydrogen-bond donors (Lipinski definition) is 2. The summed E-state index contributed by atoms with van der Waals surface area (Å²) in [5, 5.41) is 5.31. The lowest BCUT2D eigenvalue weighted by molar-refractivity contribution is -0.152. The van der Waals surface area contributed by atoms with Gasteiger partial charge in [0.25, 0.3) is 11.8 Å². The Kier molecular flexibility index (Phi) is 8.41. The first kappa shape index (κ1) is 22.9. The number of hydrogen-bond acceptors (Lipinski definition) is 5. The zero-order chi connectivity index (χ0) is 22.1. The van der Waals surface area contributed by atoms with Crippen molar-refractivity contribution in [1.29, 1.82) is 0 Å². The Hall–Kier alpha value is -3.35. The summed E-state index contributed by atoms with van der Waals surface area (Å²) in [6.07, 6.45) is 0. The van der Waals surface area contributed by atoms with Crippen LogP contribution in [0.1, 0.15) is 25.0 Å². The number of benzene rings is 2. The number of anilines is 1. The van der Waals surface area contributed by atoms with Gasteiger partial charge < -0.3 is 20.1 Å². The van der Waals surface area contributed by atoms with Crippen LogP contribution < -0.4 is 15.4 Å². The third kappa shape index (κ3) is 7.58. The largest absolute Gasteiger partial charge is 0.484 e. The van der Waals surface area contributed by atoms with Crippen molar-refractivity contribution >= 4 is 23.5 Å². The Labute approximate surface area is 176 Å². The van der Waals surface area contributed by atoms with Gasteiger partial charge in [0.15, 0.2) is 13.2 Å². The lowest BCUT2D eigenvalue weighted by atomic mass is 10.0. The maximum absolute atomic E-state index is 12.4. The van der Waals surface area contributed by atoms with Crippen molar-refractivity contribution in [2.45, 2.75) is 33.7 Å². The lowest BCUT2D eigenvalue weighted by Gasteiger charge is -2.21. The fraction of sp³-hybridized carbons (Fsp3) is 0.348. The van der Waals surface area contributed by atoms with Gasteiger partial charge in [0.05, 0.1) is 0 Å². The Bertz CT molecular complexity index is 860. The molecule has 2 N–H and O–H groups in total. The molecule has 160 valence electrons. The van der Waals surface area contributed by atoms with Gasteiger partial charge in [-0.15, -0.1) is 0 Å². The minimum Gasteiger partial charge on any atom is -0.484 e. The Balaban J connectivity index is 1.83. The molecule has 0 fully saturated rings. The van der Waals surface area contributed by atoms with Crippen LogP contribution in [-0.2, 0) is 19.1 Å². The molecular weight excluding hydrogens is 384 g/mol. The molecule has 1 atom stereocenters. The summed E-state index contributed by atoms with van der Waals surface area (Å²) in [5.41, 5.74) is 2.67. The SMILES string of the molecule is Cc1cc(C)cc(NC(=O)COC(=O)[C@@H](NC(=O)COc2ccccc2)C(C)C)c1. The molecule has 0 saturated heterocycles. The van der Waals surface area contributed by atoms with Crippen LogP contribution in [-0.4, -0.2) is 37.0 Å². The zero-order valence-electron chi connectivity index (χ0n) is 17.7. The molecule has 0 aromatic heterocycles. The molecule has 0 aliphatic heterocycles. The first-order chi connectivity index (χ1) is 14.2. The smallest absolute Gasteiger partial charge is 0.329 e. The number of para-hydroxylation sites is 1. The molecule has 0 saturated carbocycles. The van der Waals surface area contributed by atoms with Crippen molar-refractivity contribution in [3.63, 3.8) is 0 Å². The summed E-state index contributed by atoms with van der Waals surface area (Å²) >= 11 is 0. The van der Waals surface area contributed by atoms with Crippen LogP contribution in [0.3, 0.4) is 0 Å². The lowest BCUT2D eigenvalue weighted by Crippen LogP contribution is -2.47. The maximum Gasteiger partial charge on any atom is 0.329 e. The van der Waals surface area contributed by atoms with E-state index in [0.29, 0.717) is 11.4 Å². The first-order valence-electron chi connectivity index (χ1n) is 9.76. The average molecular weight is 412 g/mol. The van der Waals surface area contributed by atoms with Crippen LogP contribution in [0.15, 0.2) is 48.5 Å². The molecule has 2 aromatic rings. The highest BCUT2D eigenvalue weighted by molar-refractivity contribution is 5.93. The van der Waals surface area contributed by atoms with Crippen LogP contribution >= 0.6 is 0 Å². The second-order valence-corrected chi connectivity index (χ2v) is 7.42. The van der Waals surface area contributed by atoms with Crippen molar-refractivity contribution in [1.82, 2.24) is 5.32 Å². The average Bonchev–Trinajstić information content (AvgIpc) is 2.68. The number of aryl methyl sites for hydroxylation is 2. The predicted octanol–water partition coefficient (Wildman–Crippen LogP) is 3.00. The number of ether oxygens (including phenoxy) is 2. The number of carbonyl (C=O) groups excluding carboxylic acids is 3. The first-order valence-corrected chi connectivity index (χ1v) is 9.76. The van der Waals surface area contributed by atoms with Gasteiger partial charge in [-0.1, -0.05) is 38.1 Å². The normalized spacial score (nSPS) is 11.5. The Morgan fingerprint density at radius 1 is 0.900 bits per heavy atom. The topological polar surface area (TPSA) is 93.7 Å². The van der Waals surface area contributed by atoms with Crippen molar-refractivity contribution in [3.8, 4) is 5.75 Å². The summed E-state index contributed by atoms with van der Waals surface area (Å²) in [7, 11) is 0. The van der Waals surface area contributed by atoms with E-state index in [1.807, 2.05) is 38.1 Å². The Morgan fingerprint density at radius 3 is 2.13 bits per heavy atom. The third-order valence-electron chi connectivity index (χ3n) is 4.20. The molecule has 2 aromatic carbocycles.